The van der Waals surface area contributed by atoms with Gasteiger partial charge in [0.15, 0.2) is 5.17 Å². The van der Waals surface area contributed by atoms with Crippen LogP contribution in [-0.4, -0.2) is 16.3 Å². The molecule has 0 spiro atoms. The van der Waals surface area contributed by atoms with Crippen LogP contribution in [0.15, 0.2) is 52.7 Å². The Hall–Kier alpha value is -2.74. The molecule has 24 heavy (non-hydrogen) atoms. The number of halogens is 1. The van der Waals surface area contributed by atoms with Crippen molar-refractivity contribution < 1.29 is 9.31 Å². The third-order valence-corrected chi connectivity index (χ3v) is 4.06. The SMILES string of the molecule is Cc1c([N+](=O)[O-])ccc(F)c1C=NN=C(N)SCc1ccccc1. The fraction of sp³-hybridized carbons (Fsp3) is 0.125. The molecule has 0 aliphatic carbocycles. The summed E-state index contributed by atoms with van der Waals surface area (Å²) < 4.78 is 13.8. The molecule has 124 valence electrons. The predicted molar refractivity (Wildman–Crippen MR) is 94.7 cm³/mol. The van der Waals surface area contributed by atoms with Gasteiger partial charge in [0.05, 0.1) is 11.1 Å². The van der Waals surface area contributed by atoms with Crippen LogP contribution in [0.5, 0.6) is 0 Å². The van der Waals surface area contributed by atoms with Crippen LogP contribution in [0.4, 0.5) is 10.1 Å². The molecule has 0 bridgehead atoms. The van der Waals surface area contributed by atoms with Gasteiger partial charge in [-0.3, -0.25) is 10.1 Å². The van der Waals surface area contributed by atoms with E-state index < -0.39 is 10.7 Å². The first-order valence-corrected chi connectivity index (χ1v) is 7.94. The minimum atomic E-state index is -0.604. The predicted octanol–water partition coefficient (Wildman–Crippen LogP) is 3.62. The molecule has 0 heterocycles. The van der Waals surface area contributed by atoms with Crippen LogP contribution >= 0.6 is 11.8 Å². The number of nitrogens with zero attached hydrogens (tertiary/aromatic N) is 3. The molecule has 6 nitrogen and oxygen atoms in total. The van der Waals surface area contributed by atoms with Crippen LogP contribution in [0.1, 0.15) is 16.7 Å². The molecular weight excluding hydrogens is 331 g/mol. The lowest BCUT2D eigenvalue weighted by atomic mass is 10.1. The molecule has 0 amide bonds. The molecule has 2 aromatic carbocycles. The summed E-state index contributed by atoms with van der Waals surface area (Å²) in [7, 11) is 0. The van der Waals surface area contributed by atoms with E-state index in [0.29, 0.717) is 5.75 Å². The Kier molecular flexibility index (Phi) is 6.02. The smallest absolute Gasteiger partial charge is 0.273 e. The molecule has 2 N–H and O–H groups in total. The van der Waals surface area contributed by atoms with E-state index in [4.69, 9.17) is 5.73 Å². The van der Waals surface area contributed by atoms with Crippen LogP contribution in [-0.2, 0) is 5.75 Å². The number of nitro benzene ring substituents is 1. The van der Waals surface area contributed by atoms with Crippen LogP contribution < -0.4 is 5.73 Å². The Morgan fingerprint density at radius 2 is 2.04 bits per heavy atom. The fourth-order valence-corrected chi connectivity index (χ4v) is 2.56. The number of rotatable bonds is 5. The average molecular weight is 346 g/mol. The second kappa shape index (κ2) is 8.21. The van der Waals surface area contributed by atoms with Gasteiger partial charge in [0.1, 0.15) is 5.82 Å². The highest BCUT2D eigenvalue weighted by Crippen LogP contribution is 2.22. The normalized spacial score (nSPS) is 11.8. The molecule has 2 rings (SSSR count). The summed E-state index contributed by atoms with van der Waals surface area (Å²) in [5.41, 5.74) is 6.86. The van der Waals surface area contributed by atoms with Gasteiger partial charge in [0.25, 0.3) is 5.69 Å². The second-order valence-corrected chi connectivity index (χ2v) is 5.82. The lowest BCUT2D eigenvalue weighted by Crippen LogP contribution is -2.06. The molecule has 8 heteroatoms. The van der Waals surface area contributed by atoms with Crippen LogP contribution in [0.2, 0.25) is 0 Å². The molecule has 0 radical (unpaired) electrons. The molecule has 0 aromatic heterocycles. The number of benzene rings is 2. The highest BCUT2D eigenvalue weighted by atomic mass is 32.2. The Labute approximate surface area is 142 Å². The summed E-state index contributed by atoms with van der Waals surface area (Å²) in [6.45, 7) is 1.46. The number of hydrogen-bond acceptors (Lipinski definition) is 5. The summed E-state index contributed by atoms with van der Waals surface area (Å²) >= 11 is 1.29. The lowest BCUT2D eigenvalue weighted by Gasteiger charge is -2.02. The maximum atomic E-state index is 13.8. The summed E-state index contributed by atoms with van der Waals surface area (Å²) in [4.78, 5) is 10.3. The van der Waals surface area contributed by atoms with Gasteiger partial charge in [0.2, 0.25) is 0 Å². The second-order valence-electron chi connectivity index (χ2n) is 4.82. The largest absolute Gasteiger partial charge is 0.377 e. The molecule has 0 aliphatic rings. The van der Waals surface area contributed by atoms with Crippen molar-refractivity contribution in [3.05, 3.63) is 75.1 Å². The zero-order chi connectivity index (χ0) is 17.5. The van der Waals surface area contributed by atoms with E-state index >= 15 is 0 Å². The fourth-order valence-electron chi connectivity index (χ4n) is 1.94. The Morgan fingerprint density at radius 3 is 2.71 bits per heavy atom. The topological polar surface area (TPSA) is 93.9 Å². The maximum absolute atomic E-state index is 13.8. The van der Waals surface area contributed by atoms with E-state index in [2.05, 4.69) is 10.2 Å². The van der Waals surface area contributed by atoms with Crippen molar-refractivity contribution in [3.63, 3.8) is 0 Å². The third-order valence-electron chi connectivity index (χ3n) is 3.20. The van der Waals surface area contributed by atoms with Crippen molar-refractivity contribution in [2.24, 2.45) is 15.9 Å². The van der Waals surface area contributed by atoms with Gasteiger partial charge in [-0.2, -0.15) is 5.10 Å². The van der Waals surface area contributed by atoms with E-state index in [1.807, 2.05) is 30.3 Å². The summed E-state index contributed by atoms with van der Waals surface area (Å²) in [6.07, 6.45) is 1.13. The first-order chi connectivity index (χ1) is 11.5. The summed E-state index contributed by atoms with van der Waals surface area (Å²) in [5, 5.41) is 18.6. The van der Waals surface area contributed by atoms with Crippen molar-refractivity contribution in [1.82, 2.24) is 0 Å². The Bertz CT molecular complexity index is 794. The van der Waals surface area contributed by atoms with Crippen LogP contribution in [0, 0.1) is 22.9 Å². The molecule has 0 saturated heterocycles. The lowest BCUT2D eigenvalue weighted by molar-refractivity contribution is -0.385. The van der Waals surface area contributed by atoms with Crippen molar-refractivity contribution in [2.45, 2.75) is 12.7 Å². The van der Waals surface area contributed by atoms with Crippen molar-refractivity contribution >= 4 is 28.8 Å². The van der Waals surface area contributed by atoms with Crippen LogP contribution in [0.25, 0.3) is 0 Å². The summed E-state index contributed by atoms with van der Waals surface area (Å²) in [6, 6.07) is 11.9. The summed E-state index contributed by atoms with van der Waals surface area (Å²) in [5.74, 6) is 0.0307. The van der Waals surface area contributed by atoms with E-state index in [1.165, 1.54) is 18.7 Å². The monoisotopic (exact) mass is 346 g/mol. The Morgan fingerprint density at radius 1 is 1.33 bits per heavy atom. The number of amidine groups is 1. The zero-order valence-corrected chi connectivity index (χ0v) is 13.7. The van der Waals surface area contributed by atoms with E-state index in [-0.39, 0.29) is 22.0 Å². The Balaban J connectivity index is 2.07. The molecule has 0 unspecified atom stereocenters. The average Bonchev–Trinajstić information content (AvgIpc) is 2.56. The number of hydrogen-bond donors (Lipinski definition) is 1. The molecule has 0 atom stereocenters. The van der Waals surface area contributed by atoms with E-state index in [0.717, 1.165) is 23.9 Å². The highest BCUT2D eigenvalue weighted by Gasteiger charge is 2.16. The van der Waals surface area contributed by atoms with E-state index in [1.54, 1.807) is 0 Å². The molecule has 0 aliphatic heterocycles. The zero-order valence-electron chi connectivity index (χ0n) is 12.8. The van der Waals surface area contributed by atoms with Gasteiger partial charge in [0, 0.05) is 22.9 Å². The van der Waals surface area contributed by atoms with Crippen LogP contribution in [0.3, 0.4) is 0 Å². The minimum absolute atomic E-state index is 0.0220. The van der Waals surface area contributed by atoms with E-state index in [9.17, 15) is 14.5 Å². The first-order valence-electron chi connectivity index (χ1n) is 6.95. The molecular formula is C16H15FN4O2S. The third kappa shape index (κ3) is 4.63. The molecule has 0 fully saturated rings. The molecule has 2 aromatic rings. The minimum Gasteiger partial charge on any atom is -0.377 e. The first kappa shape index (κ1) is 17.6. The van der Waals surface area contributed by atoms with Gasteiger partial charge in [-0.15, -0.1) is 5.10 Å². The quantitative estimate of drug-likeness (QED) is 0.387. The number of nitrogens with two attached hydrogens (primary N) is 1. The molecule has 0 saturated carbocycles. The van der Waals surface area contributed by atoms with Gasteiger partial charge < -0.3 is 5.73 Å². The van der Waals surface area contributed by atoms with Gasteiger partial charge in [-0.25, -0.2) is 4.39 Å². The highest BCUT2D eigenvalue weighted by molar-refractivity contribution is 8.13. The van der Waals surface area contributed by atoms with Gasteiger partial charge in [-0.1, -0.05) is 42.1 Å². The maximum Gasteiger partial charge on any atom is 0.273 e. The number of nitro groups is 1. The van der Waals surface area contributed by atoms with Crippen molar-refractivity contribution in [1.29, 1.82) is 0 Å². The number of thioether (sulfide) groups is 1. The van der Waals surface area contributed by atoms with Crippen molar-refractivity contribution in [2.75, 3.05) is 0 Å². The standard InChI is InChI=1S/C16H15FN4O2S/c1-11-13(14(17)7-8-15(11)21(22)23)9-19-20-16(18)24-10-12-5-3-2-4-6-12/h2-9H,10H2,1H3,(H2,18,20). The van der Waals surface area contributed by atoms with Crippen molar-refractivity contribution in [3.8, 4) is 0 Å². The van der Waals surface area contributed by atoms with Gasteiger partial charge >= 0.3 is 0 Å². The van der Waals surface area contributed by atoms with Gasteiger partial charge in [-0.05, 0) is 18.6 Å².